The average Bonchev–Trinajstić information content (AvgIpc) is 2.46. The van der Waals surface area contributed by atoms with E-state index < -0.39 is 17.1 Å². The summed E-state index contributed by atoms with van der Waals surface area (Å²) >= 11 is 0. The summed E-state index contributed by atoms with van der Waals surface area (Å²) in [7, 11) is -4.17. The molecule has 0 spiro atoms. The number of aliphatic hydroxyl groups excluding tert-OH is 1. The van der Waals surface area contributed by atoms with E-state index in [2.05, 4.69) is 13.1 Å². The van der Waals surface area contributed by atoms with Crippen molar-refractivity contribution in [1.82, 2.24) is 0 Å². The molecule has 0 fully saturated rings. The molecular formula is C16H38O5Si2. The van der Waals surface area contributed by atoms with E-state index in [-0.39, 0.29) is 6.10 Å². The summed E-state index contributed by atoms with van der Waals surface area (Å²) in [6.07, 6.45) is 2.16. The summed E-state index contributed by atoms with van der Waals surface area (Å²) < 4.78 is 23.3. The van der Waals surface area contributed by atoms with Gasteiger partial charge < -0.3 is 22.8 Å². The molecule has 0 aromatic carbocycles. The Morgan fingerprint density at radius 3 is 1.48 bits per heavy atom. The van der Waals surface area contributed by atoms with Crippen molar-refractivity contribution in [3.8, 4) is 0 Å². The minimum absolute atomic E-state index is 0.302. The van der Waals surface area contributed by atoms with Gasteiger partial charge in [-0.25, -0.2) is 0 Å². The van der Waals surface area contributed by atoms with E-state index in [1.54, 1.807) is 0 Å². The second-order valence-electron chi connectivity index (χ2n) is 6.08. The zero-order chi connectivity index (χ0) is 17.8. The lowest BCUT2D eigenvalue weighted by molar-refractivity contribution is 0.141. The Morgan fingerprint density at radius 1 is 0.696 bits per heavy atom. The van der Waals surface area contributed by atoms with Gasteiger partial charge >= 0.3 is 17.1 Å². The van der Waals surface area contributed by atoms with E-state index in [0.717, 1.165) is 31.4 Å². The Hall–Kier alpha value is 0.234. The molecule has 0 saturated carbocycles. The first-order valence-corrected chi connectivity index (χ1v) is 14.1. The SMILES string of the molecule is CCO[Si](C)(CCCC(O)CC[Si](C)(OCC)OCC)OCC. The van der Waals surface area contributed by atoms with Gasteiger partial charge in [0.25, 0.3) is 0 Å². The van der Waals surface area contributed by atoms with Crippen molar-refractivity contribution in [2.24, 2.45) is 0 Å². The summed E-state index contributed by atoms with van der Waals surface area (Å²) in [5.74, 6) is 0. The van der Waals surface area contributed by atoms with Crippen LogP contribution in [0.4, 0.5) is 0 Å². The molecule has 7 heteroatoms. The van der Waals surface area contributed by atoms with Crippen LogP contribution in [-0.2, 0) is 17.7 Å². The maximum Gasteiger partial charge on any atom is 0.335 e. The van der Waals surface area contributed by atoms with Crippen molar-refractivity contribution in [2.45, 2.75) is 78.2 Å². The van der Waals surface area contributed by atoms with Crippen molar-refractivity contribution in [3.05, 3.63) is 0 Å². The molecule has 0 aliphatic heterocycles. The van der Waals surface area contributed by atoms with Crippen LogP contribution < -0.4 is 0 Å². The number of hydrogen-bond donors (Lipinski definition) is 1. The minimum atomic E-state index is -2.11. The third kappa shape index (κ3) is 10.7. The third-order valence-corrected chi connectivity index (χ3v) is 9.95. The number of hydrogen-bond acceptors (Lipinski definition) is 5. The highest BCUT2D eigenvalue weighted by molar-refractivity contribution is 6.66. The molecule has 140 valence electrons. The molecule has 0 amide bonds. The van der Waals surface area contributed by atoms with Crippen LogP contribution in [0.3, 0.4) is 0 Å². The van der Waals surface area contributed by atoms with Gasteiger partial charge in [-0.2, -0.15) is 0 Å². The topological polar surface area (TPSA) is 57.2 Å². The Balaban J connectivity index is 4.16. The van der Waals surface area contributed by atoms with E-state index in [1.165, 1.54) is 0 Å². The van der Waals surface area contributed by atoms with Gasteiger partial charge in [0.05, 0.1) is 6.10 Å². The second kappa shape index (κ2) is 12.6. The van der Waals surface area contributed by atoms with Gasteiger partial charge in [0, 0.05) is 26.4 Å². The van der Waals surface area contributed by atoms with Crippen LogP contribution in [0.15, 0.2) is 0 Å². The molecular weight excluding hydrogens is 328 g/mol. The van der Waals surface area contributed by atoms with Gasteiger partial charge in [0.2, 0.25) is 0 Å². The number of rotatable bonds is 15. The lowest BCUT2D eigenvalue weighted by atomic mass is 10.2. The lowest BCUT2D eigenvalue weighted by Gasteiger charge is -2.28. The van der Waals surface area contributed by atoms with Crippen molar-refractivity contribution in [3.63, 3.8) is 0 Å². The fourth-order valence-corrected chi connectivity index (χ4v) is 7.72. The van der Waals surface area contributed by atoms with E-state index >= 15 is 0 Å². The van der Waals surface area contributed by atoms with Crippen LogP contribution in [0.1, 0.15) is 47.0 Å². The molecule has 0 bridgehead atoms. The smallest absolute Gasteiger partial charge is 0.335 e. The summed E-state index contributed by atoms with van der Waals surface area (Å²) in [6.45, 7) is 14.9. The summed E-state index contributed by atoms with van der Waals surface area (Å²) in [4.78, 5) is 0. The normalized spacial score (nSPS) is 14.2. The molecule has 0 heterocycles. The van der Waals surface area contributed by atoms with E-state index in [0.29, 0.717) is 26.4 Å². The Bertz CT molecular complexity index is 280. The number of aliphatic hydroxyl groups is 1. The monoisotopic (exact) mass is 366 g/mol. The van der Waals surface area contributed by atoms with Gasteiger partial charge in [-0.05, 0) is 72.1 Å². The standard InChI is InChI=1S/C16H38O5Si2/c1-7-18-22(5,19-8-2)14-11-12-16(17)13-15-23(6,20-9-3)21-10-4/h16-17H,7-15H2,1-6H3. The predicted molar refractivity (Wildman–Crippen MR) is 99.2 cm³/mol. The van der Waals surface area contributed by atoms with Crippen LogP contribution in [0, 0.1) is 0 Å². The van der Waals surface area contributed by atoms with Crippen LogP contribution in [0.25, 0.3) is 0 Å². The molecule has 1 unspecified atom stereocenters. The van der Waals surface area contributed by atoms with E-state index in [4.69, 9.17) is 17.7 Å². The zero-order valence-electron chi connectivity index (χ0n) is 16.0. The molecule has 5 nitrogen and oxygen atoms in total. The molecule has 0 radical (unpaired) electrons. The van der Waals surface area contributed by atoms with Gasteiger partial charge in [-0.3, -0.25) is 0 Å². The third-order valence-electron chi connectivity index (χ3n) is 3.90. The first-order valence-electron chi connectivity index (χ1n) is 9.08. The average molecular weight is 367 g/mol. The molecule has 0 rings (SSSR count). The summed E-state index contributed by atoms with van der Waals surface area (Å²) in [5, 5.41) is 10.3. The zero-order valence-corrected chi connectivity index (χ0v) is 18.0. The second-order valence-corrected chi connectivity index (χ2v) is 12.8. The van der Waals surface area contributed by atoms with Crippen molar-refractivity contribution in [2.75, 3.05) is 26.4 Å². The van der Waals surface area contributed by atoms with Crippen molar-refractivity contribution < 1.29 is 22.8 Å². The molecule has 0 aromatic rings. The van der Waals surface area contributed by atoms with Crippen LogP contribution >= 0.6 is 0 Å². The van der Waals surface area contributed by atoms with Gasteiger partial charge in [-0.1, -0.05) is 0 Å². The maximum atomic E-state index is 10.3. The Labute approximate surface area is 145 Å². The van der Waals surface area contributed by atoms with E-state index in [1.807, 2.05) is 27.7 Å². The van der Waals surface area contributed by atoms with Gasteiger partial charge in [0.1, 0.15) is 0 Å². The molecule has 1 atom stereocenters. The highest BCUT2D eigenvalue weighted by Crippen LogP contribution is 2.22. The largest absolute Gasteiger partial charge is 0.395 e. The summed E-state index contributed by atoms with van der Waals surface area (Å²) in [5.41, 5.74) is 0. The highest BCUT2D eigenvalue weighted by Gasteiger charge is 2.32. The van der Waals surface area contributed by atoms with Gasteiger partial charge in [0.15, 0.2) is 0 Å². The maximum absolute atomic E-state index is 10.3. The van der Waals surface area contributed by atoms with Crippen LogP contribution in [0.5, 0.6) is 0 Å². The molecule has 0 saturated heterocycles. The van der Waals surface area contributed by atoms with E-state index in [9.17, 15) is 5.11 Å². The fourth-order valence-electron chi connectivity index (χ4n) is 2.83. The van der Waals surface area contributed by atoms with Crippen molar-refractivity contribution in [1.29, 1.82) is 0 Å². The fraction of sp³-hybridized carbons (Fsp3) is 1.00. The molecule has 23 heavy (non-hydrogen) atoms. The lowest BCUT2D eigenvalue weighted by Crippen LogP contribution is -2.40. The highest BCUT2D eigenvalue weighted by atomic mass is 28.4. The minimum Gasteiger partial charge on any atom is -0.395 e. The predicted octanol–water partition coefficient (Wildman–Crippen LogP) is 3.81. The first-order chi connectivity index (χ1) is 10.8. The Kier molecular flexibility index (Phi) is 12.7. The molecule has 0 aliphatic rings. The van der Waals surface area contributed by atoms with Crippen molar-refractivity contribution >= 4 is 17.1 Å². The molecule has 0 aromatic heterocycles. The molecule has 1 N–H and O–H groups in total. The van der Waals surface area contributed by atoms with Crippen LogP contribution in [0.2, 0.25) is 25.2 Å². The van der Waals surface area contributed by atoms with Crippen LogP contribution in [-0.4, -0.2) is 54.8 Å². The Morgan fingerprint density at radius 2 is 1.09 bits per heavy atom. The first kappa shape index (κ1) is 23.2. The quantitative estimate of drug-likeness (QED) is 0.447. The summed E-state index contributed by atoms with van der Waals surface area (Å²) in [6, 6.07) is 1.76. The molecule has 0 aliphatic carbocycles. The van der Waals surface area contributed by atoms with Gasteiger partial charge in [-0.15, -0.1) is 0 Å².